The predicted octanol–water partition coefficient (Wildman–Crippen LogP) is 2.52. The van der Waals surface area contributed by atoms with E-state index in [0.29, 0.717) is 16.0 Å². The number of ketones is 1. The third-order valence-corrected chi connectivity index (χ3v) is 3.01. The van der Waals surface area contributed by atoms with Gasteiger partial charge in [-0.25, -0.2) is 0 Å². The second-order valence-corrected chi connectivity index (χ2v) is 4.75. The zero-order chi connectivity index (χ0) is 12.4. The highest BCUT2D eigenvalue weighted by atomic mass is 79.9. The first-order valence-electron chi connectivity index (χ1n) is 4.79. The first-order valence-corrected chi connectivity index (χ1v) is 5.96. The van der Waals surface area contributed by atoms with E-state index in [9.17, 15) is 4.79 Å². The van der Waals surface area contributed by atoms with Crippen molar-refractivity contribution in [3.63, 3.8) is 0 Å². The number of aromatic nitrogens is 1. The van der Waals surface area contributed by atoms with Gasteiger partial charge in [-0.05, 0) is 18.2 Å². The molecule has 0 saturated carbocycles. The molecule has 0 fully saturated rings. The minimum absolute atomic E-state index is 0.185. The number of nitrogens with zero attached hydrogens (tertiary/aromatic N) is 1. The molecule has 1 heterocycles. The molecule has 0 amide bonds. The lowest BCUT2D eigenvalue weighted by atomic mass is 9.95. The Balaban J connectivity index is 2.40. The van der Waals surface area contributed by atoms with Gasteiger partial charge in [0.15, 0.2) is 0 Å². The Morgan fingerprint density at radius 1 is 1.35 bits per heavy atom. The fourth-order valence-corrected chi connectivity index (χ4v) is 1.86. The van der Waals surface area contributed by atoms with Gasteiger partial charge in [0, 0.05) is 16.2 Å². The molecule has 5 heteroatoms. The van der Waals surface area contributed by atoms with E-state index in [2.05, 4.69) is 20.9 Å². The van der Waals surface area contributed by atoms with Crippen LogP contribution >= 0.6 is 27.5 Å². The van der Waals surface area contributed by atoms with Crippen molar-refractivity contribution >= 4 is 46.6 Å². The number of carbonyl (C=O) groups is 1. The van der Waals surface area contributed by atoms with Gasteiger partial charge < -0.3 is 0 Å². The number of pyridine rings is 1. The fraction of sp³-hybridized carbons (Fsp3) is 0. The van der Waals surface area contributed by atoms with Crippen LogP contribution in [0.15, 0.2) is 41.0 Å². The lowest BCUT2D eigenvalue weighted by Gasteiger charge is -2.03. The predicted molar refractivity (Wildman–Crippen MR) is 72.2 cm³/mol. The zero-order valence-corrected chi connectivity index (χ0v) is 11.0. The van der Waals surface area contributed by atoms with Gasteiger partial charge in [0.25, 0.3) is 0 Å². The standard InChI is InChI=1S/C12H6BBrClNO/c13-9-5-11(16-6-10(9)15)12(17)7-2-1-3-8(14)4-7/h1-6H. The van der Waals surface area contributed by atoms with Crippen LogP contribution in [0.3, 0.4) is 0 Å². The van der Waals surface area contributed by atoms with E-state index in [-0.39, 0.29) is 11.5 Å². The molecule has 1 aromatic heterocycles. The van der Waals surface area contributed by atoms with Crippen molar-refractivity contribution in [2.45, 2.75) is 0 Å². The number of hydrogen-bond donors (Lipinski definition) is 0. The Bertz CT molecular complexity index is 588. The molecule has 0 aliphatic carbocycles. The summed E-state index contributed by atoms with van der Waals surface area (Å²) in [6.45, 7) is 0. The monoisotopic (exact) mass is 305 g/mol. The minimum Gasteiger partial charge on any atom is -0.287 e. The zero-order valence-electron chi connectivity index (χ0n) is 8.65. The summed E-state index contributed by atoms with van der Waals surface area (Å²) < 4.78 is 0.838. The van der Waals surface area contributed by atoms with Gasteiger partial charge in [-0.1, -0.05) is 45.1 Å². The molecule has 0 bridgehead atoms. The summed E-state index contributed by atoms with van der Waals surface area (Å²) in [5.74, 6) is -0.185. The Labute approximate surface area is 114 Å². The molecular weight excluding hydrogens is 300 g/mol. The van der Waals surface area contributed by atoms with Crippen molar-refractivity contribution < 1.29 is 4.79 Å². The van der Waals surface area contributed by atoms with Crippen molar-refractivity contribution in [1.29, 1.82) is 0 Å². The molecule has 1 aromatic carbocycles. The van der Waals surface area contributed by atoms with Crippen molar-refractivity contribution in [2.75, 3.05) is 0 Å². The Morgan fingerprint density at radius 3 is 2.76 bits per heavy atom. The Kier molecular flexibility index (Phi) is 3.65. The molecule has 2 nitrogen and oxygen atoms in total. The van der Waals surface area contributed by atoms with Crippen LogP contribution in [0.1, 0.15) is 16.1 Å². The highest BCUT2D eigenvalue weighted by molar-refractivity contribution is 9.10. The second kappa shape index (κ2) is 5.02. The molecule has 82 valence electrons. The van der Waals surface area contributed by atoms with Gasteiger partial charge in [0.2, 0.25) is 5.78 Å². The summed E-state index contributed by atoms with van der Waals surface area (Å²) in [5.41, 5.74) is 1.18. The van der Waals surface area contributed by atoms with Gasteiger partial charge in [-0.15, -0.1) is 0 Å². The molecule has 0 spiro atoms. The van der Waals surface area contributed by atoms with E-state index in [1.807, 2.05) is 6.07 Å². The van der Waals surface area contributed by atoms with Crippen LogP contribution in [0.25, 0.3) is 0 Å². The van der Waals surface area contributed by atoms with E-state index >= 15 is 0 Å². The quantitative estimate of drug-likeness (QED) is 0.630. The Hall–Kier alpha value is -1.13. The summed E-state index contributed by atoms with van der Waals surface area (Å²) in [6, 6.07) is 8.57. The summed E-state index contributed by atoms with van der Waals surface area (Å²) >= 11 is 9.06. The molecule has 0 unspecified atom stereocenters. The van der Waals surface area contributed by atoms with Crippen LogP contribution < -0.4 is 5.46 Å². The molecule has 0 atom stereocenters. The van der Waals surface area contributed by atoms with Crippen LogP contribution in [-0.2, 0) is 0 Å². The minimum atomic E-state index is -0.185. The van der Waals surface area contributed by atoms with Crippen LogP contribution in [0, 0.1) is 0 Å². The van der Waals surface area contributed by atoms with Crippen LogP contribution in [0.5, 0.6) is 0 Å². The molecule has 0 saturated heterocycles. The summed E-state index contributed by atoms with van der Waals surface area (Å²) in [5, 5.41) is 0.343. The maximum absolute atomic E-state index is 12.1. The van der Waals surface area contributed by atoms with Crippen LogP contribution in [-0.4, -0.2) is 18.6 Å². The van der Waals surface area contributed by atoms with Gasteiger partial charge in [-0.3, -0.25) is 9.78 Å². The maximum Gasteiger partial charge on any atom is 0.211 e. The highest BCUT2D eigenvalue weighted by Gasteiger charge is 2.11. The van der Waals surface area contributed by atoms with Crippen molar-refractivity contribution in [3.05, 3.63) is 57.3 Å². The average Bonchev–Trinajstić information content (AvgIpc) is 2.32. The number of benzene rings is 1. The first-order chi connectivity index (χ1) is 8.08. The van der Waals surface area contributed by atoms with Gasteiger partial charge >= 0.3 is 0 Å². The second-order valence-electron chi connectivity index (χ2n) is 3.43. The fourth-order valence-electron chi connectivity index (χ4n) is 1.36. The first kappa shape index (κ1) is 12.3. The van der Waals surface area contributed by atoms with Gasteiger partial charge in [0.1, 0.15) is 13.5 Å². The largest absolute Gasteiger partial charge is 0.287 e. The number of halogens is 2. The lowest BCUT2D eigenvalue weighted by Crippen LogP contribution is -2.12. The highest BCUT2D eigenvalue weighted by Crippen LogP contribution is 2.14. The third-order valence-electron chi connectivity index (χ3n) is 2.20. The van der Waals surface area contributed by atoms with E-state index in [4.69, 9.17) is 19.4 Å². The van der Waals surface area contributed by atoms with Crippen molar-refractivity contribution in [1.82, 2.24) is 4.98 Å². The molecule has 0 aliphatic heterocycles. The summed E-state index contributed by atoms with van der Waals surface area (Å²) in [6.07, 6.45) is 1.38. The van der Waals surface area contributed by atoms with Gasteiger partial charge in [0.05, 0.1) is 5.02 Å². The number of carbonyl (C=O) groups excluding carboxylic acids is 1. The van der Waals surface area contributed by atoms with Crippen molar-refractivity contribution in [3.8, 4) is 0 Å². The lowest BCUT2D eigenvalue weighted by molar-refractivity contribution is 0.103. The summed E-state index contributed by atoms with van der Waals surface area (Å²) in [4.78, 5) is 16.0. The topological polar surface area (TPSA) is 30.0 Å². The Morgan fingerprint density at radius 2 is 2.12 bits per heavy atom. The molecule has 2 rings (SSSR count). The molecule has 0 N–H and O–H groups in total. The maximum atomic E-state index is 12.1. The number of hydrogen-bond acceptors (Lipinski definition) is 2. The van der Waals surface area contributed by atoms with Crippen LogP contribution in [0.2, 0.25) is 5.02 Å². The molecule has 0 aliphatic rings. The third kappa shape index (κ3) is 2.76. The molecule has 2 radical (unpaired) electrons. The van der Waals surface area contributed by atoms with E-state index in [1.165, 1.54) is 12.3 Å². The van der Waals surface area contributed by atoms with Gasteiger partial charge in [-0.2, -0.15) is 0 Å². The summed E-state index contributed by atoms with van der Waals surface area (Å²) in [7, 11) is 5.63. The van der Waals surface area contributed by atoms with Crippen LogP contribution in [0.4, 0.5) is 0 Å². The SMILES string of the molecule is [B]c1cc(C(=O)c2cccc(Br)c2)ncc1Cl. The average molecular weight is 306 g/mol. The molecular formula is C12H6BBrClNO. The van der Waals surface area contributed by atoms with Crippen molar-refractivity contribution in [2.24, 2.45) is 0 Å². The normalized spacial score (nSPS) is 10.2. The smallest absolute Gasteiger partial charge is 0.211 e. The number of rotatable bonds is 2. The van der Waals surface area contributed by atoms with E-state index in [0.717, 1.165) is 4.47 Å². The van der Waals surface area contributed by atoms with E-state index < -0.39 is 0 Å². The van der Waals surface area contributed by atoms with E-state index in [1.54, 1.807) is 18.2 Å². The molecule has 17 heavy (non-hydrogen) atoms. The molecule has 2 aromatic rings.